The maximum absolute atomic E-state index is 13.5. The SMILES string of the molecule is C=C(C)CN(CC)C(=O)CCc1ccc(OC)c(F)c1. The van der Waals surface area contributed by atoms with E-state index in [9.17, 15) is 9.18 Å². The number of hydrogen-bond donors (Lipinski definition) is 0. The van der Waals surface area contributed by atoms with Gasteiger partial charge in [0.05, 0.1) is 7.11 Å². The maximum Gasteiger partial charge on any atom is 0.223 e. The Morgan fingerprint density at radius 3 is 2.65 bits per heavy atom. The standard InChI is InChI=1S/C16H22FNO2/c1-5-18(11-12(2)3)16(19)9-7-13-6-8-15(20-4)14(17)10-13/h6,8,10H,2,5,7,9,11H2,1,3-4H3. The van der Waals surface area contributed by atoms with Crippen LogP contribution in [-0.2, 0) is 11.2 Å². The summed E-state index contributed by atoms with van der Waals surface area (Å²) < 4.78 is 18.4. The van der Waals surface area contributed by atoms with Gasteiger partial charge in [0.1, 0.15) is 0 Å². The molecule has 1 aromatic rings. The van der Waals surface area contributed by atoms with E-state index in [1.807, 2.05) is 13.8 Å². The summed E-state index contributed by atoms with van der Waals surface area (Å²) in [5.74, 6) is -0.115. The van der Waals surface area contributed by atoms with Crippen molar-refractivity contribution in [2.75, 3.05) is 20.2 Å². The molecule has 0 saturated carbocycles. The van der Waals surface area contributed by atoms with Gasteiger partial charge in [-0.3, -0.25) is 4.79 Å². The number of benzene rings is 1. The van der Waals surface area contributed by atoms with E-state index in [4.69, 9.17) is 4.74 Å². The van der Waals surface area contributed by atoms with Crippen LogP contribution in [0.25, 0.3) is 0 Å². The quantitative estimate of drug-likeness (QED) is 0.717. The van der Waals surface area contributed by atoms with Crippen LogP contribution in [0.1, 0.15) is 25.8 Å². The first-order valence-electron chi connectivity index (χ1n) is 6.72. The summed E-state index contributed by atoms with van der Waals surface area (Å²) in [6.07, 6.45) is 0.888. The van der Waals surface area contributed by atoms with Crippen molar-refractivity contribution in [3.05, 3.63) is 41.7 Å². The minimum absolute atomic E-state index is 0.0618. The number of amides is 1. The van der Waals surface area contributed by atoms with E-state index < -0.39 is 5.82 Å². The lowest BCUT2D eigenvalue weighted by molar-refractivity contribution is -0.130. The van der Waals surface area contributed by atoms with Crippen molar-refractivity contribution >= 4 is 5.91 Å². The fourth-order valence-electron chi connectivity index (χ4n) is 1.98. The number of aryl methyl sites for hydroxylation is 1. The predicted octanol–water partition coefficient (Wildman–Crippen LogP) is 3.19. The Morgan fingerprint density at radius 2 is 2.15 bits per heavy atom. The zero-order valence-corrected chi connectivity index (χ0v) is 12.4. The number of nitrogens with zero attached hydrogens (tertiary/aromatic N) is 1. The molecule has 110 valence electrons. The Bertz CT molecular complexity index is 485. The van der Waals surface area contributed by atoms with Crippen LogP contribution in [0.5, 0.6) is 5.75 Å². The molecular weight excluding hydrogens is 257 g/mol. The summed E-state index contributed by atoms with van der Waals surface area (Å²) >= 11 is 0. The van der Waals surface area contributed by atoms with E-state index in [2.05, 4.69) is 6.58 Å². The molecule has 0 radical (unpaired) electrons. The smallest absolute Gasteiger partial charge is 0.223 e. The van der Waals surface area contributed by atoms with Crippen molar-refractivity contribution in [1.82, 2.24) is 4.90 Å². The molecule has 0 aliphatic rings. The van der Waals surface area contributed by atoms with Crippen LogP contribution >= 0.6 is 0 Å². The topological polar surface area (TPSA) is 29.5 Å². The lowest BCUT2D eigenvalue weighted by Gasteiger charge is -2.21. The third-order valence-electron chi connectivity index (χ3n) is 3.04. The van der Waals surface area contributed by atoms with Crippen molar-refractivity contribution in [3.8, 4) is 5.75 Å². The van der Waals surface area contributed by atoms with E-state index in [-0.39, 0.29) is 11.7 Å². The predicted molar refractivity (Wildman–Crippen MR) is 78.3 cm³/mol. The first-order chi connectivity index (χ1) is 9.47. The molecule has 4 heteroatoms. The number of likely N-dealkylation sites (N-methyl/N-ethyl adjacent to an activating group) is 1. The number of halogens is 1. The minimum atomic E-state index is -0.397. The Labute approximate surface area is 120 Å². The first kappa shape index (κ1) is 16.2. The molecule has 1 rings (SSSR count). The van der Waals surface area contributed by atoms with Gasteiger partial charge in [0.2, 0.25) is 5.91 Å². The van der Waals surface area contributed by atoms with Gasteiger partial charge in [-0.25, -0.2) is 4.39 Å². The number of methoxy groups -OCH3 is 1. The number of carbonyl (C=O) groups excluding carboxylic acids is 1. The second kappa shape index (κ2) is 7.68. The summed E-state index contributed by atoms with van der Waals surface area (Å²) in [6, 6.07) is 4.78. The van der Waals surface area contributed by atoms with Gasteiger partial charge in [-0.05, 0) is 38.0 Å². The molecule has 0 atom stereocenters. The van der Waals surface area contributed by atoms with Crippen LogP contribution < -0.4 is 4.74 Å². The van der Waals surface area contributed by atoms with Crippen LogP contribution in [0.4, 0.5) is 4.39 Å². The molecule has 3 nitrogen and oxygen atoms in total. The van der Waals surface area contributed by atoms with Crippen LogP contribution in [-0.4, -0.2) is 31.0 Å². The number of rotatable bonds is 7. The Balaban J connectivity index is 2.59. The van der Waals surface area contributed by atoms with Gasteiger partial charge < -0.3 is 9.64 Å². The van der Waals surface area contributed by atoms with Crippen LogP contribution in [0.15, 0.2) is 30.4 Å². The molecule has 0 unspecified atom stereocenters. The zero-order valence-electron chi connectivity index (χ0n) is 12.4. The van der Waals surface area contributed by atoms with Gasteiger partial charge in [-0.1, -0.05) is 18.2 Å². The summed E-state index contributed by atoms with van der Waals surface area (Å²) in [5, 5.41) is 0. The van der Waals surface area contributed by atoms with Gasteiger partial charge >= 0.3 is 0 Å². The Morgan fingerprint density at radius 1 is 1.45 bits per heavy atom. The van der Waals surface area contributed by atoms with Crippen molar-refractivity contribution in [3.63, 3.8) is 0 Å². The van der Waals surface area contributed by atoms with Crippen molar-refractivity contribution in [2.24, 2.45) is 0 Å². The zero-order chi connectivity index (χ0) is 15.1. The van der Waals surface area contributed by atoms with Crippen molar-refractivity contribution in [1.29, 1.82) is 0 Å². The highest BCUT2D eigenvalue weighted by atomic mass is 19.1. The molecule has 0 N–H and O–H groups in total. The number of carbonyl (C=O) groups is 1. The number of ether oxygens (including phenoxy) is 1. The third kappa shape index (κ3) is 4.68. The average molecular weight is 279 g/mol. The molecule has 0 aliphatic heterocycles. The highest BCUT2D eigenvalue weighted by molar-refractivity contribution is 5.76. The van der Waals surface area contributed by atoms with E-state index in [0.29, 0.717) is 25.9 Å². The monoisotopic (exact) mass is 279 g/mol. The summed E-state index contributed by atoms with van der Waals surface area (Å²) in [5.41, 5.74) is 1.75. The van der Waals surface area contributed by atoms with Gasteiger partial charge in [0.25, 0.3) is 0 Å². The number of hydrogen-bond acceptors (Lipinski definition) is 2. The summed E-state index contributed by atoms with van der Waals surface area (Å²) in [6.45, 7) is 8.88. The van der Waals surface area contributed by atoms with E-state index in [0.717, 1.165) is 11.1 Å². The average Bonchev–Trinajstić information content (AvgIpc) is 2.42. The second-order valence-corrected chi connectivity index (χ2v) is 4.83. The molecule has 0 heterocycles. The van der Waals surface area contributed by atoms with E-state index >= 15 is 0 Å². The summed E-state index contributed by atoms with van der Waals surface area (Å²) in [7, 11) is 1.43. The molecule has 1 amide bonds. The lowest BCUT2D eigenvalue weighted by Crippen LogP contribution is -2.32. The second-order valence-electron chi connectivity index (χ2n) is 4.83. The lowest BCUT2D eigenvalue weighted by atomic mass is 10.1. The van der Waals surface area contributed by atoms with E-state index in [1.165, 1.54) is 13.2 Å². The Hall–Kier alpha value is -1.84. The normalized spacial score (nSPS) is 10.2. The van der Waals surface area contributed by atoms with Crippen LogP contribution in [0.2, 0.25) is 0 Å². The largest absolute Gasteiger partial charge is 0.494 e. The van der Waals surface area contributed by atoms with Gasteiger partial charge in [-0.15, -0.1) is 0 Å². The molecule has 1 aromatic carbocycles. The van der Waals surface area contributed by atoms with Gasteiger partial charge in [0.15, 0.2) is 11.6 Å². The maximum atomic E-state index is 13.5. The van der Waals surface area contributed by atoms with Crippen LogP contribution in [0.3, 0.4) is 0 Å². The molecule has 0 spiro atoms. The van der Waals surface area contributed by atoms with Crippen molar-refractivity contribution < 1.29 is 13.9 Å². The molecule has 0 fully saturated rings. The molecule has 0 aromatic heterocycles. The van der Waals surface area contributed by atoms with Crippen LogP contribution in [0, 0.1) is 5.82 Å². The first-order valence-corrected chi connectivity index (χ1v) is 6.72. The fraction of sp³-hybridized carbons (Fsp3) is 0.438. The summed E-state index contributed by atoms with van der Waals surface area (Å²) in [4.78, 5) is 13.8. The highest BCUT2D eigenvalue weighted by Gasteiger charge is 2.12. The minimum Gasteiger partial charge on any atom is -0.494 e. The van der Waals surface area contributed by atoms with E-state index in [1.54, 1.807) is 17.0 Å². The Kier molecular flexibility index (Phi) is 6.22. The fourth-order valence-corrected chi connectivity index (χ4v) is 1.98. The van der Waals surface area contributed by atoms with Gasteiger partial charge in [0, 0.05) is 19.5 Å². The third-order valence-corrected chi connectivity index (χ3v) is 3.04. The van der Waals surface area contributed by atoms with Crippen molar-refractivity contribution in [2.45, 2.75) is 26.7 Å². The molecule has 0 saturated heterocycles. The molecule has 0 bridgehead atoms. The molecule has 0 aliphatic carbocycles. The molecular formula is C16H22FNO2. The molecule has 20 heavy (non-hydrogen) atoms. The highest BCUT2D eigenvalue weighted by Crippen LogP contribution is 2.18. The van der Waals surface area contributed by atoms with Gasteiger partial charge in [-0.2, -0.15) is 0 Å².